The van der Waals surface area contributed by atoms with Crippen LogP contribution in [0.4, 0.5) is 5.82 Å². The van der Waals surface area contributed by atoms with Crippen LogP contribution in [-0.2, 0) is 11.2 Å². The molecule has 0 aliphatic heterocycles. The molecule has 0 N–H and O–H groups in total. The molecule has 3 nitrogen and oxygen atoms in total. The van der Waals surface area contributed by atoms with Gasteiger partial charge in [0, 0.05) is 12.1 Å². The fraction of sp³-hybridized carbons (Fsp3) is 0.143. The number of benzene rings is 1. The van der Waals surface area contributed by atoms with Gasteiger partial charge in [-0.3, -0.25) is 9.69 Å². The monoisotopic (exact) mass is 338 g/mol. The van der Waals surface area contributed by atoms with Crippen molar-refractivity contribution in [3.8, 4) is 0 Å². The minimum absolute atomic E-state index is 0.0568. The van der Waals surface area contributed by atoms with Crippen molar-refractivity contribution in [2.45, 2.75) is 6.42 Å². The van der Waals surface area contributed by atoms with Crippen molar-refractivity contribution < 1.29 is 4.79 Å². The van der Waals surface area contributed by atoms with Crippen LogP contribution in [-0.4, -0.2) is 17.9 Å². The lowest BCUT2D eigenvalue weighted by Crippen LogP contribution is -2.28. The number of halogens is 2. The number of carbonyl (C=O) groups excluding carboxylic acids is 1. The number of hydrogen-bond acceptors (Lipinski definition) is 2. The van der Waals surface area contributed by atoms with Crippen LogP contribution in [0, 0.1) is 0 Å². The molecule has 2 aromatic rings. The van der Waals surface area contributed by atoms with Gasteiger partial charge in [0.2, 0.25) is 5.91 Å². The number of aromatic nitrogens is 1. The molecule has 1 aromatic carbocycles. The van der Waals surface area contributed by atoms with Crippen molar-refractivity contribution in [3.05, 3.63) is 57.7 Å². The quantitative estimate of drug-likeness (QED) is 0.799. The molecule has 0 saturated heterocycles. The third-order valence-electron chi connectivity index (χ3n) is 2.72. The molecule has 98 valence electrons. The van der Waals surface area contributed by atoms with Crippen LogP contribution in [0.25, 0.3) is 0 Å². The van der Waals surface area contributed by atoms with Gasteiger partial charge in [-0.05, 0) is 39.7 Å². The van der Waals surface area contributed by atoms with E-state index in [0.29, 0.717) is 15.4 Å². The lowest BCUT2D eigenvalue weighted by molar-refractivity contribution is -0.117. The number of likely N-dealkylation sites (N-methyl/N-ethyl adjacent to an activating group) is 1. The Labute approximate surface area is 125 Å². The standard InChI is InChI=1S/C14H12BrClN2O/c1-18(13-8-4-7-12(15)17-13)14(19)9-10-5-2-3-6-11(10)16/h2-8H,9H2,1H3. The van der Waals surface area contributed by atoms with E-state index < -0.39 is 0 Å². The average Bonchev–Trinajstić information content (AvgIpc) is 2.40. The summed E-state index contributed by atoms with van der Waals surface area (Å²) in [4.78, 5) is 18.0. The fourth-order valence-electron chi connectivity index (χ4n) is 1.64. The normalized spacial score (nSPS) is 10.3. The lowest BCUT2D eigenvalue weighted by Gasteiger charge is -2.16. The second-order valence-electron chi connectivity index (χ2n) is 4.04. The molecule has 2 rings (SSSR count). The van der Waals surface area contributed by atoms with Crippen LogP contribution in [0.15, 0.2) is 47.1 Å². The molecule has 0 radical (unpaired) electrons. The molecular formula is C14H12BrClN2O. The molecule has 0 unspecified atom stereocenters. The van der Waals surface area contributed by atoms with E-state index in [-0.39, 0.29) is 12.3 Å². The highest BCUT2D eigenvalue weighted by atomic mass is 79.9. The molecule has 0 spiro atoms. The summed E-state index contributed by atoms with van der Waals surface area (Å²) in [5, 5.41) is 0.603. The number of hydrogen-bond donors (Lipinski definition) is 0. The minimum atomic E-state index is -0.0568. The van der Waals surface area contributed by atoms with E-state index in [1.165, 1.54) is 4.90 Å². The summed E-state index contributed by atoms with van der Waals surface area (Å²) in [5.74, 6) is 0.546. The third-order valence-corrected chi connectivity index (χ3v) is 3.53. The molecule has 0 aliphatic carbocycles. The van der Waals surface area contributed by atoms with Crippen molar-refractivity contribution in [3.63, 3.8) is 0 Å². The fourth-order valence-corrected chi connectivity index (χ4v) is 2.17. The maximum atomic E-state index is 12.2. The molecule has 19 heavy (non-hydrogen) atoms. The Balaban J connectivity index is 2.14. The Kier molecular flexibility index (Phi) is 4.56. The van der Waals surface area contributed by atoms with Gasteiger partial charge in [0.15, 0.2) is 0 Å². The topological polar surface area (TPSA) is 33.2 Å². The highest BCUT2D eigenvalue weighted by Crippen LogP contribution is 2.18. The van der Waals surface area contributed by atoms with E-state index in [4.69, 9.17) is 11.6 Å². The predicted octanol–water partition coefficient (Wildman–Crippen LogP) is 3.70. The Bertz CT molecular complexity index is 604. The SMILES string of the molecule is CN(C(=O)Cc1ccccc1Cl)c1cccc(Br)n1. The second-order valence-corrected chi connectivity index (χ2v) is 5.26. The van der Waals surface area contributed by atoms with Crippen LogP contribution in [0.2, 0.25) is 5.02 Å². The number of anilines is 1. The van der Waals surface area contributed by atoms with Gasteiger partial charge in [-0.15, -0.1) is 0 Å². The highest BCUT2D eigenvalue weighted by molar-refractivity contribution is 9.10. The summed E-state index contributed by atoms with van der Waals surface area (Å²) in [6.45, 7) is 0. The zero-order chi connectivity index (χ0) is 13.8. The van der Waals surface area contributed by atoms with Gasteiger partial charge in [0.05, 0.1) is 6.42 Å². The first kappa shape index (κ1) is 14.0. The summed E-state index contributed by atoms with van der Waals surface area (Å²) in [6.07, 6.45) is 0.254. The van der Waals surface area contributed by atoms with Crippen LogP contribution < -0.4 is 4.90 Å². The van der Waals surface area contributed by atoms with Gasteiger partial charge >= 0.3 is 0 Å². The van der Waals surface area contributed by atoms with Gasteiger partial charge in [-0.25, -0.2) is 4.98 Å². The Morgan fingerprint density at radius 1 is 1.26 bits per heavy atom. The molecule has 1 aromatic heterocycles. The van der Waals surface area contributed by atoms with Crippen LogP contribution >= 0.6 is 27.5 Å². The van der Waals surface area contributed by atoms with E-state index in [1.807, 2.05) is 30.3 Å². The number of pyridine rings is 1. The number of rotatable bonds is 3. The highest BCUT2D eigenvalue weighted by Gasteiger charge is 2.14. The van der Waals surface area contributed by atoms with Gasteiger partial charge in [-0.2, -0.15) is 0 Å². The largest absolute Gasteiger partial charge is 0.300 e. The third kappa shape index (κ3) is 3.55. The summed E-state index contributed by atoms with van der Waals surface area (Å²) < 4.78 is 0.697. The Morgan fingerprint density at radius 2 is 2.00 bits per heavy atom. The van der Waals surface area contributed by atoms with Crippen LogP contribution in [0.5, 0.6) is 0 Å². The van der Waals surface area contributed by atoms with Crippen molar-refractivity contribution in [2.24, 2.45) is 0 Å². The number of amides is 1. The van der Waals surface area contributed by atoms with Gasteiger partial charge in [0.25, 0.3) is 0 Å². The van der Waals surface area contributed by atoms with Crippen LogP contribution in [0.3, 0.4) is 0 Å². The number of carbonyl (C=O) groups is 1. The maximum Gasteiger partial charge on any atom is 0.232 e. The van der Waals surface area contributed by atoms with E-state index in [9.17, 15) is 4.79 Å². The predicted molar refractivity (Wildman–Crippen MR) is 80.5 cm³/mol. The first-order valence-electron chi connectivity index (χ1n) is 5.70. The van der Waals surface area contributed by atoms with Crippen molar-refractivity contribution >= 4 is 39.3 Å². The summed E-state index contributed by atoms with van der Waals surface area (Å²) >= 11 is 9.34. The zero-order valence-corrected chi connectivity index (χ0v) is 12.6. The van der Waals surface area contributed by atoms with Crippen molar-refractivity contribution in [1.29, 1.82) is 0 Å². The van der Waals surface area contributed by atoms with Gasteiger partial charge < -0.3 is 0 Å². The summed E-state index contributed by atoms with van der Waals surface area (Å²) in [7, 11) is 1.70. The van der Waals surface area contributed by atoms with Gasteiger partial charge in [0.1, 0.15) is 10.4 Å². The minimum Gasteiger partial charge on any atom is -0.300 e. The molecule has 0 aliphatic rings. The average molecular weight is 340 g/mol. The smallest absolute Gasteiger partial charge is 0.232 e. The first-order chi connectivity index (χ1) is 9.08. The zero-order valence-electron chi connectivity index (χ0n) is 10.3. The summed E-state index contributed by atoms with van der Waals surface area (Å²) in [6, 6.07) is 12.8. The van der Waals surface area contributed by atoms with Crippen molar-refractivity contribution in [2.75, 3.05) is 11.9 Å². The molecule has 0 atom stereocenters. The van der Waals surface area contributed by atoms with Gasteiger partial charge in [-0.1, -0.05) is 35.9 Å². The lowest BCUT2D eigenvalue weighted by atomic mass is 10.1. The second kappa shape index (κ2) is 6.17. The number of nitrogens with zero attached hydrogens (tertiary/aromatic N) is 2. The molecule has 1 amide bonds. The Morgan fingerprint density at radius 3 is 2.68 bits per heavy atom. The van der Waals surface area contributed by atoms with Crippen LogP contribution in [0.1, 0.15) is 5.56 Å². The molecule has 0 fully saturated rings. The first-order valence-corrected chi connectivity index (χ1v) is 6.87. The summed E-state index contributed by atoms with van der Waals surface area (Å²) in [5.41, 5.74) is 0.816. The molecular weight excluding hydrogens is 328 g/mol. The molecule has 1 heterocycles. The van der Waals surface area contributed by atoms with E-state index in [0.717, 1.165) is 5.56 Å². The maximum absolute atomic E-state index is 12.2. The van der Waals surface area contributed by atoms with Crippen molar-refractivity contribution in [1.82, 2.24) is 4.98 Å². The van der Waals surface area contributed by atoms with E-state index in [2.05, 4.69) is 20.9 Å². The Hall–Kier alpha value is -1.39. The molecule has 0 bridgehead atoms. The van der Waals surface area contributed by atoms with E-state index in [1.54, 1.807) is 19.2 Å². The molecule has 5 heteroatoms. The molecule has 0 saturated carbocycles. The van der Waals surface area contributed by atoms with E-state index >= 15 is 0 Å².